The summed E-state index contributed by atoms with van der Waals surface area (Å²) in [6.07, 6.45) is -4.28. The van der Waals surface area contributed by atoms with Crippen molar-refractivity contribution in [3.63, 3.8) is 0 Å². The Morgan fingerprint density at radius 3 is 2.38 bits per heavy atom. The van der Waals surface area contributed by atoms with Crippen molar-refractivity contribution in [1.82, 2.24) is 14.5 Å². The minimum atomic E-state index is -4.95. The van der Waals surface area contributed by atoms with Crippen LogP contribution in [0.2, 0.25) is 5.02 Å². The molecule has 1 aliphatic rings. The van der Waals surface area contributed by atoms with E-state index in [1.807, 2.05) is 13.8 Å². The Bertz CT molecular complexity index is 2060. The summed E-state index contributed by atoms with van der Waals surface area (Å²) in [4.78, 5) is 0. The van der Waals surface area contributed by atoms with Crippen LogP contribution in [-0.4, -0.2) is 23.7 Å². The fraction of sp³-hybridized carbons (Fsp3) is 0.281. The highest BCUT2D eigenvalue weighted by molar-refractivity contribution is 6.31. The minimum absolute atomic E-state index is 0.145. The van der Waals surface area contributed by atoms with Gasteiger partial charge in [-0.2, -0.15) is 13.2 Å². The molecule has 2 heterocycles. The van der Waals surface area contributed by atoms with Crippen LogP contribution in [0.25, 0.3) is 28.8 Å². The van der Waals surface area contributed by atoms with Gasteiger partial charge in [0.25, 0.3) is 0 Å². The van der Waals surface area contributed by atoms with E-state index in [0.29, 0.717) is 40.1 Å². The van der Waals surface area contributed by atoms with E-state index < -0.39 is 52.6 Å². The van der Waals surface area contributed by atoms with Crippen LogP contribution < -0.4 is 38.2 Å². The first-order valence-corrected chi connectivity index (χ1v) is 14.9. The molecule has 3 aromatic carbocycles. The molecule has 0 saturated heterocycles. The number of rotatable bonds is 6. The van der Waals surface area contributed by atoms with Gasteiger partial charge < -0.3 is 31.2 Å². The van der Waals surface area contributed by atoms with Crippen LogP contribution in [0.1, 0.15) is 56.0 Å². The summed E-state index contributed by atoms with van der Waals surface area (Å²) >= 11 is 6.50. The zero-order valence-electron chi connectivity index (χ0n) is 26.0. The molecule has 1 unspecified atom stereocenters. The van der Waals surface area contributed by atoms with Crippen molar-refractivity contribution in [2.24, 2.45) is 11.5 Å². The van der Waals surface area contributed by atoms with Crippen LogP contribution in [0.3, 0.4) is 0 Å². The van der Waals surface area contributed by atoms with Gasteiger partial charge in [0.1, 0.15) is 32.0 Å². The molecule has 4 aromatic rings. The quantitative estimate of drug-likeness (QED) is 0.143. The van der Waals surface area contributed by atoms with Gasteiger partial charge in [0, 0.05) is 55.2 Å². The highest BCUT2D eigenvalue weighted by atomic mass is 35.5. The third kappa shape index (κ3) is 6.30. The lowest BCUT2D eigenvalue weighted by molar-refractivity contribution is -0.138. The number of fused-ring (bicyclic) bond motifs is 3. The molecule has 0 saturated carbocycles. The Hall–Kier alpha value is -4.46. The van der Waals surface area contributed by atoms with Gasteiger partial charge in [0.2, 0.25) is 5.62 Å². The highest BCUT2D eigenvalue weighted by Crippen LogP contribution is 2.46. The molecule has 47 heavy (non-hydrogen) atoms. The van der Waals surface area contributed by atoms with Crippen molar-refractivity contribution >= 4 is 53.9 Å². The van der Waals surface area contributed by atoms with Crippen LogP contribution in [-0.2, 0) is 18.2 Å². The molecule has 0 aliphatic carbocycles. The van der Waals surface area contributed by atoms with E-state index in [4.69, 9.17) is 36.3 Å². The minimum Gasteiger partial charge on any atom is -0.404 e. The molecule has 0 bridgehead atoms. The van der Waals surface area contributed by atoms with Crippen LogP contribution in [0.4, 0.5) is 32.0 Å². The number of hydrogen-bond acceptors (Lipinski definition) is 5. The maximum Gasteiger partial charge on any atom is 0.417 e. The summed E-state index contributed by atoms with van der Waals surface area (Å²) < 4.78 is 87.1. The Morgan fingerprint density at radius 2 is 1.81 bits per heavy atom. The summed E-state index contributed by atoms with van der Waals surface area (Å²) in [5.74, 6) is -2.23. The van der Waals surface area contributed by atoms with Crippen molar-refractivity contribution in [2.75, 3.05) is 12.0 Å². The van der Waals surface area contributed by atoms with E-state index in [9.17, 15) is 26.3 Å². The monoisotopic (exact) mass is 675 g/mol. The number of halogens is 7. The highest BCUT2D eigenvalue weighted by Gasteiger charge is 2.37. The van der Waals surface area contributed by atoms with Crippen LogP contribution >= 0.6 is 11.6 Å². The third-order valence-corrected chi connectivity index (χ3v) is 7.88. The maximum absolute atomic E-state index is 14.5. The summed E-state index contributed by atoms with van der Waals surface area (Å²) in [7, 11) is 6.49. The zero-order chi connectivity index (χ0) is 35.2. The second-order valence-electron chi connectivity index (χ2n) is 11.1. The van der Waals surface area contributed by atoms with E-state index in [2.05, 4.69) is 17.2 Å². The number of aromatic nitrogens is 2. The Labute approximate surface area is 273 Å². The Balaban J connectivity index is 0.00000245. The summed E-state index contributed by atoms with van der Waals surface area (Å²) in [6.45, 7) is 10.3. The van der Waals surface area contributed by atoms with Crippen molar-refractivity contribution in [1.29, 1.82) is 5.41 Å². The number of anilines is 1. The van der Waals surface area contributed by atoms with E-state index in [-0.39, 0.29) is 33.7 Å². The zero-order valence-corrected chi connectivity index (χ0v) is 26.8. The second kappa shape index (κ2) is 13.0. The molecule has 248 valence electrons. The molecule has 1 aliphatic heterocycles. The lowest BCUT2D eigenvalue weighted by Gasteiger charge is -2.24. The van der Waals surface area contributed by atoms with Crippen molar-refractivity contribution in [2.45, 2.75) is 51.9 Å². The van der Waals surface area contributed by atoms with Gasteiger partial charge in [-0.05, 0) is 36.4 Å². The van der Waals surface area contributed by atoms with E-state index in [0.717, 1.165) is 6.07 Å². The average molecular weight is 676 g/mol. The van der Waals surface area contributed by atoms with Crippen LogP contribution in [0.15, 0.2) is 43.0 Å². The predicted molar refractivity (Wildman–Crippen MR) is 174 cm³/mol. The number of benzene rings is 3. The molecule has 2 radical (unpaired) electrons. The van der Waals surface area contributed by atoms with E-state index in [1.54, 1.807) is 13.8 Å². The molecular weight excluding hydrogens is 643 g/mol. The summed E-state index contributed by atoms with van der Waals surface area (Å²) in [5, 5.41) is 14.2. The Morgan fingerprint density at radius 1 is 1.15 bits per heavy atom. The van der Waals surface area contributed by atoms with Crippen molar-refractivity contribution in [3.8, 4) is 0 Å². The van der Waals surface area contributed by atoms with Gasteiger partial charge in [0.05, 0.1) is 29.2 Å². The summed E-state index contributed by atoms with van der Waals surface area (Å²) in [6, 6.07) is 5.46. The molecule has 1 atom stereocenters. The average Bonchev–Trinajstić information content (AvgIpc) is 3.48. The fourth-order valence-corrected chi connectivity index (χ4v) is 6.01. The first-order valence-electron chi connectivity index (χ1n) is 14.5. The van der Waals surface area contributed by atoms with Gasteiger partial charge in [-0.25, -0.2) is 13.2 Å². The number of alkyl halides is 4. The topological polar surface area (TPSA) is 110 Å². The lowest BCUT2D eigenvalue weighted by Crippen LogP contribution is -2.39. The first kappa shape index (κ1) is 35.4. The molecule has 15 heteroatoms. The van der Waals surface area contributed by atoms with Crippen LogP contribution in [0.5, 0.6) is 0 Å². The number of aryl methyl sites for hydroxylation is 1. The van der Waals surface area contributed by atoms with E-state index >= 15 is 0 Å². The Kier molecular flexibility index (Phi) is 9.77. The fourth-order valence-electron chi connectivity index (χ4n) is 5.78. The van der Waals surface area contributed by atoms with Gasteiger partial charge in [0.15, 0.2) is 0 Å². The van der Waals surface area contributed by atoms with Crippen molar-refractivity contribution < 1.29 is 26.3 Å². The van der Waals surface area contributed by atoms with Gasteiger partial charge in [-0.3, -0.25) is 5.41 Å². The number of nitrogens with one attached hydrogen (secondary N) is 3. The number of imidazole rings is 1. The second-order valence-corrected chi connectivity index (χ2v) is 11.5. The van der Waals surface area contributed by atoms with E-state index in [1.165, 1.54) is 33.4 Å². The maximum atomic E-state index is 14.5. The molecule has 0 spiro atoms. The molecule has 7 nitrogen and oxygen atoms in total. The smallest absolute Gasteiger partial charge is 0.404 e. The van der Waals surface area contributed by atoms with Crippen LogP contribution in [0, 0.1) is 17.0 Å². The molecule has 0 amide bonds. The lowest BCUT2D eigenvalue weighted by atomic mass is 9.81. The summed E-state index contributed by atoms with van der Waals surface area (Å²) in [5.41, 5.74) is 11.4. The predicted octanol–water partition coefficient (Wildman–Crippen LogP) is 5.23. The van der Waals surface area contributed by atoms with Gasteiger partial charge in [-0.1, -0.05) is 45.9 Å². The van der Waals surface area contributed by atoms with Gasteiger partial charge >= 0.3 is 6.18 Å². The number of nitrogens with two attached hydrogens (primary N) is 2. The van der Waals surface area contributed by atoms with Gasteiger partial charge in [-0.15, -0.1) is 0 Å². The molecule has 5 rings (SSSR count). The SMILES string of the molecule is CC.[B]C(C)(C)n1c(=N)n(CCF)c2cc(N/C(N)=c3\cc(F)cc(C(F)(F)F)\c3=C\N)c3c(c21)C(=C)NC3c1cc(F)ccc1Cl. The first-order chi connectivity index (χ1) is 22.0. The molecule has 7 N–H and O–H groups in total. The van der Waals surface area contributed by atoms with Crippen molar-refractivity contribution in [3.05, 3.63) is 97.9 Å². The third-order valence-electron chi connectivity index (χ3n) is 7.54. The molecule has 0 fully saturated rings. The molecule has 1 aromatic heterocycles. The largest absolute Gasteiger partial charge is 0.417 e. The normalized spacial score (nSPS) is 15.7. The molecular formula is C32H33BClF6N7. The standard InChI is InChI=1S/C30H27BClF6N7.C2H6/c1-13-23-24(25(42-13)17-8-14(34)4-5-20(17)32)21(11-22-26(23)45(29(2,3)31)28(41)44(22)7-6-33)43-27(40)16-9-15(35)10-19(18(16)12-39)30(36,37)38;1-2/h4-5,8-12,25,41-43H,1,6-7,39-40H2,2-3H3;1-2H3/b18-12+,27-16+,41-28?;. The number of hydrogen-bond donors (Lipinski definition) is 5. The number of nitrogens with zero attached hydrogens (tertiary/aromatic N) is 2.